The van der Waals surface area contributed by atoms with Crippen molar-refractivity contribution in [1.29, 1.82) is 0 Å². The van der Waals surface area contributed by atoms with Gasteiger partial charge in [-0.2, -0.15) is 4.80 Å². The molecule has 3 aromatic rings. The predicted octanol–water partition coefficient (Wildman–Crippen LogP) is 3.22. The number of benzene rings is 2. The molecule has 0 aliphatic carbocycles. The molecular formula is C17H17ClN4O2. The number of hydrogen-bond acceptors (Lipinski definition) is 5. The summed E-state index contributed by atoms with van der Waals surface area (Å²) in [5.74, 6) is 1.35. The van der Waals surface area contributed by atoms with Crippen molar-refractivity contribution in [2.75, 3.05) is 13.7 Å². The van der Waals surface area contributed by atoms with E-state index in [2.05, 4.69) is 15.4 Å². The van der Waals surface area contributed by atoms with Gasteiger partial charge in [-0.25, -0.2) is 0 Å². The lowest BCUT2D eigenvalue weighted by molar-refractivity contribution is 0.178. The van der Waals surface area contributed by atoms with Crippen molar-refractivity contribution in [3.8, 4) is 17.1 Å². The molecular weight excluding hydrogens is 328 g/mol. The monoisotopic (exact) mass is 344 g/mol. The van der Waals surface area contributed by atoms with Gasteiger partial charge in [-0.05, 0) is 47.2 Å². The topological polar surface area (TPSA) is 62.1 Å². The number of nitrogens with zero attached hydrogens (tertiary/aromatic N) is 4. The molecule has 0 aliphatic heterocycles. The van der Waals surface area contributed by atoms with E-state index < -0.39 is 0 Å². The summed E-state index contributed by atoms with van der Waals surface area (Å²) in [4.78, 5) is 1.52. The Kier molecular flexibility index (Phi) is 5.40. The molecule has 0 aliphatic rings. The Morgan fingerprint density at radius 2 is 1.96 bits per heavy atom. The van der Waals surface area contributed by atoms with Crippen LogP contribution in [0, 0.1) is 0 Å². The third kappa shape index (κ3) is 4.31. The Bertz CT molecular complexity index is 789. The maximum Gasteiger partial charge on any atom is 0.204 e. The molecule has 0 N–H and O–H groups in total. The lowest BCUT2D eigenvalue weighted by Crippen LogP contribution is -2.07. The van der Waals surface area contributed by atoms with Gasteiger partial charge in [0.05, 0.1) is 13.2 Å². The third-order valence-corrected chi connectivity index (χ3v) is 3.59. The first kappa shape index (κ1) is 16.4. The van der Waals surface area contributed by atoms with E-state index in [0.29, 0.717) is 30.6 Å². The zero-order chi connectivity index (χ0) is 16.8. The van der Waals surface area contributed by atoms with Crippen molar-refractivity contribution < 1.29 is 9.47 Å². The van der Waals surface area contributed by atoms with Gasteiger partial charge in [0.1, 0.15) is 12.4 Å². The summed E-state index contributed by atoms with van der Waals surface area (Å²) in [7, 11) is 1.64. The van der Waals surface area contributed by atoms with Gasteiger partial charge in [0.25, 0.3) is 0 Å². The van der Waals surface area contributed by atoms with Crippen LogP contribution in [0.2, 0.25) is 5.02 Å². The van der Waals surface area contributed by atoms with Crippen LogP contribution in [0.15, 0.2) is 48.5 Å². The van der Waals surface area contributed by atoms with Gasteiger partial charge < -0.3 is 9.47 Å². The molecule has 0 saturated carbocycles. The molecule has 0 spiro atoms. The van der Waals surface area contributed by atoms with Crippen molar-refractivity contribution in [3.63, 3.8) is 0 Å². The molecule has 0 amide bonds. The molecule has 0 fully saturated rings. The summed E-state index contributed by atoms with van der Waals surface area (Å²) in [5, 5.41) is 13.0. The Balaban J connectivity index is 1.61. The number of halogens is 1. The standard InChI is InChI=1S/C17H17ClN4O2/c1-23-10-9-22-20-17(19-21-22)14-5-7-16(8-6-14)24-12-13-3-2-4-15(18)11-13/h2-8,11H,9-10,12H2,1H3. The molecule has 0 atom stereocenters. The predicted molar refractivity (Wildman–Crippen MR) is 90.9 cm³/mol. The fourth-order valence-electron chi connectivity index (χ4n) is 2.12. The van der Waals surface area contributed by atoms with Crippen molar-refractivity contribution in [1.82, 2.24) is 20.2 Å². The molecule has 1 aromatic heterocycles. The maximum absolute atomic E-state index is 5.96. The lowest BCUT2D eigenvalue weighted by Gasteiger charge is -2.07. The molecule has 6 nitrogen and oxygen atoms in total. The van der Waals surface area contributed by atoms with Crippen LogP contribution in [0.1, 0.15) is 5.56 Å². The summed E-state index contributed by atoms with van der Waals surface area (Å²) in [5.41, 5.74) is 1.91. The van der Waals surface area contributed by atoms with Gasteiger partial charge in [-0.15, -0.1) is 10.2 Å². The van der Waals surface area contributed by atoms with E-state index in [0.717, 1.165) is 16.9 Å². The van der Waals surface area contributed by atoms with E-state index in [-0.39, 0.29) is 0 Å². The fourth-order valence-corrected chi connectivity index (χ4v) is 2.33. The number of aromatic nitrogens is 4. The smallest absolute Gasteiger partial charge is 0.204 e. The summed E-state index contributed by atoms with van der Waals surface area (Å²) in [6.07, 6.45) is 0. The van der Waals surface area contributed by atoms with Crippen LogP contribution in [0.3, 0.4) is 0 Å². The molecule has 0 bridgehead atoms. The molecule has 124 valence electrons. The van der Waals surface area contributed by atoms with Gasteiger partial charge >= 0.3 is 0 Å². The minimum absolute atomic E-state index is 0.464. The zero-order valence-corrected chi connectivity index (χ0v) is 14.0. The first-order chi connectivity index (χ1) is 11.7. The van der Waals surface area contributed by atoms with Gasteiger partial charge in [0, 0.05) is 17.7 Å². The number of ether oxygens (including phenoxy) is 2. The zero-order valence-electron chi connectivity index (χ0n) is 13.2. The highest BCUT2D eigenvalue weighted by Crippen LogP contribution is 2.20. The largest absolute Gasteiger partial charge is 0.489 e. The minimum atomic E-state index is 0.464. The highest BCUT2D eigenvalue weighted by molar-refractivity contribution is 6.30. The van der Waals surface area contributed by atoms with E-state index in [4.69, 9.17) is 21.1 Å². The molecule has 2 aromatic carbocycles. The van der Waals surface area contributed by atoms with Crippen molar-refractivity contribution in [3.05, 3.63) is 59.1 Å². The fraction of sp³-hybridized carbons (Fsp3) is 0.235. The molecule has 0 radical (unpaired) electrons. The average Bonchev–Trinajstić information content (AvgIpc) is 3.08. The number of hydrogen-bond donors (Lipinski definition) is 0. The number of methoxy groups -OCH3 is 1. The second-order valence-corrected chi connectivity index (χ2v) is 5.58. The molecule has 0 unspecified atom stereocenters. The molecule has 7 heteroatoms. The first-order valence-electron chi connectivity index (χ1n) is 7.49. The highest BCUT2D eigenvalue weighted by atomic mass is 35.5. The second kappa shape index (κ2) is 7.90. The van der Waals surface area contributed by atoms with E-state index >= 15 is 0 Å². The van der Waals surface area contributed by atoms with Crippen LogP contribution < -0.4 is 4.74 Å². The SMILES string of the molecule is COCCn1nnc(-c2ccc(OCc3cccc(Cl)c3)cc2)n1. The number of rotatable bonds is 7. The Labute approximate surface area is 145 Å². The maximum atomic E-state index is 5.96. The van der Waals surface area contributed by atoms with Crippen LogP contribution in [-0.4, -0.2) is 33.9 Å². The highest BCUT2D eigenvalue weighted by Gasteiger charge is 2.06. The van der Waals surface area contributed by atoms with Crippen molar-refractivity contribution in [2.24, 2.45) is 0 Å². The van der Waals surface area contributed by atoms with Gasteiger partial charge in [0.15, 0.2) is 0 Å². The van der Waals surface area contributed by atoms with Crippen LogP contribution in [0.5, 0.6) is 5.75 Å². The average molecular weight is 345 g/mol. The minimum Gasteiger partial charge on any atom is -0.489 e. The summed E-state index contributed by atoms with van der Waals surface area (Å²) < 4.78 is 10.8. The van der Waals surface area contributed by atoms with Gasteiger partial charge in [-0.3, -0.25) is 0 Å². The molecule has 1 heterocycles. The van der Waals surface area contributed by atoms with E-state index in [1.807, 2.05) is 48.5 Å². The molecule has 24 heavy (non-hydrogen) atoms. The number of tetrazole rings is 1. The van der Waals surface area contributed by atoms with Crippen molar-refractivity contribution >= 4 is 11.6 Å². The summed E-state index contributed by atoms with van der Waals surface area (Å²) >= 11 is 5.96. The van der Waals surface area contributed by atoms with Crippen molar-refractivity contribution in [2.45, 2.75) is 13.2 Å². The van der Waals surface area contributed by atoms with Crippen LogP contribution in [-0.2, 0) is 17.9 Å². The third-order valence-electron chi connectivity index (χ3n) is 3.36. The Hall–Kier alpha value is -2.44. The molecule has 3 rings (SSSR count). The van der Waals surface area contributed by atoms with Gasteiger partial charge in [0.2, 0.25) is 5.82 Å². The summed E-state index contributed by atoms with van der Waals surface area (Å²) in [6.45, 7) is 1.59. The van der Waals surface area contributed by atoms with Crippen LogP contribution in [0.25, 0.3) is 11.4 Å². The normalized spacial score (nSPS) is 10.8. The molecule has 0 saturated heterocycles. The van der Waals surface area contributed by atoms with E-state index in [9.17, 15) is 0 Å². The summed E-state index contributed by atoms with van der Waals surface area (Å²) in [6, 6.07) is 15.2. The quantitative estimate of drug-likeness (QED) is 0.658. The Morgan fingerprint density at radius 1 is 1.12 bits per heavy atom. The van der Waals surface area contributed by atoms with Gasteiger partial charge in [-0.1, -0.05) is 23.7 Å². The van der Waals surface area contributed by atoms with Crippen LogP contribution >= 0.6 is 11.6 Å². The van der Waals surface area contributed by atoms with E-state index in [1.165, 1.54) is 4.80 Å². The second-order valence-electron chi connectivity index (χ2n) is 5.14. The lowest BCUT2D eigenvalue weighted by atomic mass is 10.2. The van der Waals surface area contributed by atoms with Crippen LogP contribution in [0.4, 0.5) is 0 Å². The Morgan fingerprint density at radius 3 is 2.71 bits per heavy atom. The first-order valence-corrected chi connectivity index (χ1v) is 7.87. The van der Waals surface area contributed by atoms with E-state index in [1.54, 1.807) is 7.11 Å².